The first-order valence-electron chi connectivity index (χ1n) is 8.27. The second-order valence-electron chi connectivity index (χ2n) is 6.08. The zero-order valence-corrected chi connectivity index (χ0v) is 17.1. The van der Waals surface area contributed by atoms with E-state index in [9.17, 15) is 15.2 Å². The van der Waals surface area contributed by atoms with Gasteiger partial charge in [-0.05, 0) is 42.1 Å². The van der Waals surface area contributed by atoms with Crippen molar-refractivity contribution in [3.63, 3.8) is 0 Å². The van der Waals surface area contributed by atoms with Crippen LogP contribution in [-0.4, -0.2) is 10.0 Å². The van der Waals surface area contributed by atoms with Crippen LogP contribution in [0.4, 0.5) is 11.4 Å². The maximum absolute atomic E-state index is 11.2. The lowest BCUT2D eigenvalue weighted by Crippen LogP contribution is -2.14. The summed E-state index contributed by atoms with van der Waals surface area (Å²) >= 11 is 13.6. The normalized spacial score (nSPS) is 10.7. The molecule has 28 heavy (non-hydrogen) atoms. The summed E-state index contributed by atoms with van der Waals surface area (Å²) in [5.41, 5.74) is 2.64. The molecule has 3 rings (SSSR count). The number of non-ortho nitro benzene ring substituents is 1. The van der Waals surface area contributed by atoms with Crippen LogP contribution in [0.3, 0.4) is 0 Å². The number of phenolic OH excluding ortho intramolecular Hbond substituents is 1. The van der Waals surface area contributed by atoms with Gasteiger partial charge in [-0.1, -0.05) is 59.6 Å². The Morgan fingerprint density at radius 2 is 1.71 bits per heavy atom. The molecule has 0 amide bonds. The Balaban J connectivity index is 2.02. The summed E-state index contributed by atoms with van der Waals surface area (Å²) in [6.45, 7) is 2.40. The van der Waals surface area contributed by atoms with E-state index < -0.39 is 4.92 Å². The minimum absolute atomic E-state index is 0.0227. The van der Waals surface area contributed by atoms with E-state index in [0.717, 1.165) is 16.0 Å². The number of nitro groups is 1. The Morgan fingerprint density at radius 3 is 2.32 bits per heavy atom. The molecule has 0 atom stereocenters. The number of anilines is 1. The van der Waals surface area contributed by atoms with Crippen molar-refractivity contribution in [2.75, 3.05) is 4.31 Å². The molecule has 0 fully saturated rings. The van der Waals surface area contributed by atoms with Gasteiger partial charge < -0.3 is 9.41 Å². The molecule has 0 saturated heterocycles. The average Bonchev–Trinajstić information content (AvgIpc) is 2.67. The van der Waals surface area contributed by atoms with Gasteiger partial charge in [0.1, 0.15) is 0 Å². The third kappa shape index (κ3) is 4.70. The molecule has 8 heteroatoms. The van der Waals surface area contributed by atoms with E-state index in [4.69, 9.17) is 23.2 Å². The Kier molecular flexibility index (Phi) is 6.34. The average molecular weight is 435 g/mol. The highest BCUT2D eigenvalue weighted by Gasteiger charge is 2.17. The number of phenols is 1. The van der Waals surface area contributed by atoms with Gasteiger partial charge in [-0.3, -0.25) is 10.1 Å². The molecular formula is C20H16Cl2N2O3S. The van der Waals surface area contributed by atoms with Gasteiger partial charge in [0.25, 0.3) is 5.69 Å². The first kappa shape index (κ1) is 20.3. The number of aryl methyl sites for hydroxylation is 1. The number of nitrogens with zero attached hydrogens (tertiary/aromatic N) is 2. The number of halogens is 2. The summed E-state index contributed by atoms with van der Waals surface area (Å²) in [5, 5.41) is 21.3. The lowest BCUT2D eigenvalue weighted by atomic mass is 10.2. The first-order valence-corrected chi connectivity index (χ1v) is 9.80. The number of nitro benzene ring substituents is 1. The van der Waals surface area contributed by atoms with Crippen LogP contribution >= 0.6 is 35.1 Å². The fourth-order valence-corrected chi connectivity index (χ4v) is 4.06. The summed E-state index contributed by atoms with van der Waals surface area (Å²) in [6.07, 6.45) is 0. The molecule has 3 aromatic carbocycles. The minimum atomic E-state index is -0.417. The second kappa shape index (κ2) is 8.73. The summed E-state index contributed by atoms with van der Waals surface area (Å²) in [4.78, 5) is 11.5. The molecule has 0 aliphatic rings. The summed E-state index contributed by atoms with van der Waals surface area (Å²) < 4.78 is 1.93. The van der Waals surface area contributed by atoms with E-state index in [2.05, 4.69) is 0 Å². The lowest BCUT2D eigenvalue weighted by molar-refractivity contribution is -0.385. The molecule has 1 N–H and O–H groups in total. The number of hydrogen-bond acceptors (Lipinski definition) is 5. The maximum atomic E-state index is 11.2. The highest BCUT2D eigenvalue weighted by atomic mass is 35.5. The third-order valence-electron chi connectivity index (χ3n) is 4.05. The zero-order chi connectivity index (χ0) is 20.3. The van der Waals surface area contributed by atoms with Crippen LogP contribution in [0, 0.1) is 17.0 Å². The Bertz CT molecular complexity index is 993. The molecule has 0 unspecified atom stereocenters. The predicted octanol–water partition coefficient (Wildman–Crippen LogP) is 6.63. The van der Waals surface area contributed by atoms with Gasteiger partial charge in [0.15, 0.2) is 5.75 Å². The fourth-order valence-electron chi connectivity index (χ4n) is 2.54. The van der Waals surface area contributed by atoms with Crippen LogP contribution in [-0.2, 0) is 6.54 Å². The summed E-state index contributed by atoms with van der Waals surface area (Å²) in [7, 11) is 0. The molecule has 0 aliphatic heterocycles. The van der Waals surface area contributed by atoms with Crippen LogP contribution in [0.5, 0.6) is 5.75 Å². The van der Waals surface area contributed by atoms with Crippen molar-refractivity contribution in [1.82, 2.24) is 0 Å². The second-order valence-corrected chi connectivity index (χ2v) is 7.96. The van der Waals surface area contributed by atoms with Crippen molar-refractivity contribution < 1.29 is 10.0 Å². The molecule has 0 heterocycles. The molecule has 0 bridgehead atoms. The van der Waals surface area contributed by atoms with Gasteiger partial charge in [-0.25, -0.2) is 0 Å². The quantitative estimate of drug-likeness (QED) is 0.267. The van der Waals surface area contributed by atoms with Gasteiger partial charge in [0.05, 0.1) is 27.2 Å². The number of rotatable bonds is 6. The van der Waals surface area contributed by atoms with Crippen molar-refractivity contribution in [3.05, 3.63) is 92.0 Å². The fraction of sp³-hybridized carbons (Fsp3) is 0.100. The van der Waals surface area contributed by atoms with E-state index >= 15 is 0 Å². The Labute approximate surface area is 176 Å². The number of benzene rings is 3. The molecule has 144 valence electrons. The highest BCUT2D eigenvalue weighted by molar-refractivity contribution is 8.00. The predicted molar refractivity (Wildman–Crippen MR) is 114 cm³/mol. The van der Waals surface area contributed by atoms with Crippen molar-refractivity contribution >= 4 is 46.5 Å². The van der Waals surface area contributed by atoms with E-state index in [1.165, 1.54) is 18.0 Å². The number of hydrogen-bond donors (Lipinski definition) is 1. The van der Waals surface area contributed by atoms with Crippen molar-refractivity contribution in [3.8, 4) is 5.75 Å². The van der Waals surface area contributed by atoms with E-state index in [0.29, 0.717) is 12.2 Å². The van der Waals surface area contributed by atoms with E-state index in [-0.39, 0.29) is 21.5 Å². The largest absolute Gasteiger partial charge is 0.505 e. The first-order chi connectivity index (χ1) is 13.3. The molecule has 0 radical (unpaired) electrons. The summed E-state index contributed by atoms with van der Waals surface area (Å²) in [5.74, 6) is -0.178. The smallest absolute Gasteiger partial charge is 0.270 e. The van der Waals surface area contributed by atoms with Gasteiger partial charge in [-0.15, -0.1) is 0 Å². The van der Waals surface area contributed by atoms with Crippen molar-refractivity contribution in [2.24, 2.45) is 0 Å². The van der Waals surface area contributed by atoms with Gasteiger partial charge in [0.2, 0.25) is 0 Å². The van der Waals surface area contributed by atoms with E-state index in [1.54, 1.807) is 24.3 Å². The van der Waals surface area contributed by atoms with Crippen LogP contribution in [0.15, 0.2) is 65.6 Å². The van der Waals surface area contributed by atoms with Crippen LogP contribution in [0.25, 0.3) is 0 Å². The number of aromatic hydroxyl groups is 1. The molecule has 0 aliphatic carbocycles. The van der Waals surface area contributed by atoms with Crippen LogP contribution in [0.1, 0.15) is 11.1 Å². The molecule has 0 saturated carbocycles. The minimum Gasteiger partial charge on any atom is -0.505 e. The monoisotopic (exact) mass is 434 g/mol. The maximum Gasteiger partial charge on any atom is 0.270 e. The lowest BCUT2D eigenvalue weighted by Gasteiger charge is -2.25. The molecular weight excluding hydrogens is 419 g/mol. The highest BCUT2D eigenvalue weighted by Crippen LogP contribution is 2.40. The molecule has 0 spiro atoms. The van der Waals surface area contributed by atoms with Gasteiger partial charge in [-0.2, -0.15) is 0 Å². The third-order valence-corrected chi connectivity index (χ3v) is 5.82. The Morgan fingerprint density at radius 1 is 1.07 bits per heavy atom. The molecule has 0 aromatic heterocycles. The Hall–Kier alpha value is -2.41. The zero-order valence-electron chi connectivity index (χ0n) is 14.8. The summed E-state index contributed by atoms with van der Waals surface area (Å²) in [6, 6.07) is 17.8. The van der Waals surface area contributed by atoms with E-state index in [1.807, 2.05) is 41.6 Å². The molecule has 3 aromatic rings. The van der Waals surface area contributed by atoms with Crippen molar-refractivity contribution in [2.45, 2.75) is 18.4 Å². The van der Waals surface area contributed by atoms with Gasteiger partial charge >= 0.3 is 0 Å². The topological polar surface area (TPSA) is 66.6 Å². The SMILES string of the molecule is Cc1ccc([N+](=O)[O-])cc1SN(Cc1ccccc1)c1cc(Cl)c(O)c(Cl)c1. The standard InChI is InChI=1S/C20H16Cl2N2O3S/c1-13-7-8-15(24(26)27)11-19(13)28-23(12-14-5-3-2-4-6-14)16-9-17(21)20(25)18(22)10-16/h2-11,25H,12H2,1H3. The van der Waals surface area contributed by atoms with Crippen LogP contribution < -0.4 is 4.31 Å². The van der Waals surface area contributed by atoms with Crippen molar-refractivity contribution in [1.29, 1.82) is 0 Å². The molecule has 5 nitrogen and oxygen atoms in total. The van der Waals surface area contributed by atoms with Gasteiger partial charge in [0, 0.05) is 17.0 Å². The van der Waals surface area contributed by atoms with Crippen LogP contribution in [0.2, 0.25) is 10.0 Å².